The highest BCUT2D eigenvalue weighted by Gasteiger charge is 2.23. The zero-order valence-corrected chi connectivity index (χ0v) is 21.1. The molecule has 1 saturated carbocycles. The molecular weight excluding hydrogens is 491 g/mol. The lowest BCUT2D eigenvalue weighted by molar-refractivity contribution is 0.0179. The fourth-order valence-corrected chi connectivity index (χ4v) is 3.68. The van der Waals surface area contributed by atoms with E-state index in [0.717, 1.165) is 71.0 Å². The van der Waals surface area contributed by atoms with Crippen LogP contribution < -0.4 is 5.32 Å². The minimum absolute atomic E-state index is 0. The molecule has 3 rings (SSSR count). The van der Waals surface area contributed by atoms with Crippen molar-refractivity contribution in [1.82, 2.24) is 15.1 Å². The van der Waals surface area contributed by atoms with E-state index >= 15 is 0 Å². The Hall–Kier alpha value is -0.900. The van der Waals surface area contributed by atoms with E-state index in [1.54, 1.807) is 0 Å². The van der Waals surface area contributed by atoms with E-state index < -0.39 is 0 Å². The van der Waals surface area contributed by atoms with E-state index in [4.69, 9.17) is 14.5 Å². The second-order valence-corrected chi connectivity index (χ2v) is 8.21. The lowest BCUT2D eigenvalue weighted by Gasteiger charge is -2.34. The molecule has 1 aliphatic carbocycles. The summed E-state index contributed by atoms with van der Waals surface area (Å²) < 4.78 is 11.4. The number of morpholine rings is 1. The van der Waals surface area contributed by atoms with Gasteiger partial charge in [-0.2, -0.15) is 0 Å². The van der Waals surface area contributed by atoms with Gasteiger partial charge in [0.05, 0.1) is 32.4 Å². The predicted molar refractivity (Wildman–Crippen MR) is 134 cm³/mol. The lowest BCUT2D eigenvalue weighted by Crippen LogP contribution is -2.43. The van der Waals surface area contributed by atoms with Gasteiger partial charge in [-0.15, -0.1) is 24.0 Å². The highest BCUT2D eigenvalue weighted by molar-refractivity contribution is 14.0. The summed E-state index contributed by atoms with van der Waals surface area (Å²) in [4.78, 5) is 9.70. The van der Waals surface area contributed by atoms with Gasteiger partial charge < -0.3 is 19.7 Å². The van der Waals surface area contributed by atoms with Gasteiger partial charge in [0, 0.05) is 39.8 Å². The van der Waals surface area contributed by atoms with Crippen LogP contribution in [0.15, 0.2) is 29.3 Å². The monoisotopic (exact) mass is 530 g/mol. The van der Waals surface area contributed by atoms with Gasteiger partial charge in [-0.25, -0.2) is 0 Å². The summed E-state index contributed by atoms with van der Waals surface area (Å²) in [6.07, 6.45) is 2.67. The lowest BCUT2D eigenvalue weighted by atomic mass is 10.0. The van der Waals surface area contributed by atoms with Crippen LogP contribution in [0, 0.1) is 12.8 Å². The van der Waals surface area contributed by atoms with Crippen LogP contribution >= 0.6 is 24.0 Å². The second kappa shape index (κ2) is 13.5. The molecule has 2 fully saturated rings. The number of benzene rings is 1. The molecule has 1 N–H and O–H groups in total. The summed E-state index contributed by atoms with van der Waals surface area (Å²) in [7, 11) is 2.10. The van der Waals surface area contributed by atoms with E-state index in [1.165, 1.54) is 24.0 Å². The highest BCUT2D eigenvalue weighted by atomic mass is 127. The van der Waals surface area contributed by atoms with Crippen LogP contribution in [0.5, 0.6) is 0 Å². The Kier molecular flexibility index (Phi) is 11.4. The maximum atomic E-state index is 5.81. The number of rotatable bonds is 10. The second-order valence-electron chi connectivity index (χ2n) is 8.21. The van der Waals surface area contributed by atoms with Crippen molar-refractivity contribution < 1.29 is 9.47 Å². The van der Waals surface area contributed by atoms with E-state index in [-0.39, 0.29) is 30.0 Å². The summed E-state index contributed by atoms with van der Waals surface area (Å²) in [5.74, 6) is 1.76. The van der Waals surface area contributed by atoms with Gasteiger partial charge in [0.1, 0.15) is 0 Å². The van der Waals surface area contributed by atoms with Crippen LogP contribution in [0.4, 0.5) is 0 Å². The number of hydrogen-bond donors (Lipinski definition) is 1. The van der Waals surface area contributed by atoms with Crippen molar-refractivity contribution in [3.8, 4) is 0 Å². The fourth-order valence-electron chi connectivity index (χ4n) is 3.68. The molecule has 30 heavy (non-hydrogen) atoms. The SMILES string of the molecule is CCNC(=NCC(c1cccc(C)c1)N1CCOCC1)N(C)CCOCC1CC1.I. The summed E-state index contributed by atoms with van der Waals surface area (Å²) >= 11 is 0. The van der Waals surface area contributed by atoms with Crippen LogP contribution in [-0.2, 0) is 9.47 Å². The molecule has 1 saturated heterocycles. The number of hydrogen-bond acceptors (Lipinski definition) is 4. The Morgan fingerprint density at radius 3 is 2.77 bits per heavy atom. The van der Waals surface area contributed by atoms with Crippen LogP contribution in [0.25, 0.3) is 0 Å². The number of halogens is 1. The van der Waals surface area contributed by atoms with Crippen molar-refractivity contribution in [3.63, 3.8) is 0 Å². The molecular formula is C23H39IN4O2. The smallest absolute Gasteiger partial charge is 0.193 e. The van der Waals surface area contributed by atoms with Gasteiger partial charge >= 0.3 is 0 Å². The molecule has 7 heteroatoms. The molecule has 170 valence electrons. The standard InChI is InChI=1S/C23H38N4O2.HI/c1-4-24-23(26(3)10-13-29-18-20-8-9-20)25-17-22(27-11-14-28-15-12-27)21-7-5-6-19(2)16-21;/h5-7,16,20,22H,4,8-15,17-18H2,1-3H3,(H,24,25);1H. The molecule has 6 nitrogen and oxygen atoms in total. The number of guanidine groups is 1. The van der Waals surface area contributed by atoms with E-state index in [9.17, 15) is 0 Å². The summed E-state index contributed by atoms with van der Waals surface area (Å²) in [5, 5.41) is 3.44. The van der Waals surface area contributed by atoms with Crippen molar-refractivity contribution in [3.05, 3.63) is 35.4 Å². The average Bonchev–Trinajstić information content (AvgIpc) is 3.56. The molecule has 1 aliphatic heterocycles. The Balaban J connectivity index is 0.00000320. The molecule has 0 aromatic heterocycles. The molecule has 1 heterocycles. The normalized spacial score (nSPS) is 18.6. The quantitative estimate of drug-likeness (QED) is 0.218. The zero-order valence-electron chi connectivity index (χ0n) is 18.8. The van der Waals surface area contributed by atoms with Gasteiger partial charge in [-0.3, -0.25) is 9.89 Å². The van der Waals surface area contributed by atoms with E-state index in [0.29, 0.717) is 0 Å². The van der Waals surface area contributed by atoms with Gasteiger partial charge in [0.25, 0.3) is 0 Å². The minimum Gasteiger partial charge on any atom is -0.379 e. The molecule has 0 bridgehead atoms. The first-order valence-electron chi connectivity index (χ1n) is 11.1. The number of ether oxygens (including phenoxy) is 2. The Labute approximate surface area is 199 Å². The Morgan fingerprint density at radius 2 is 2.10 bits per heavy atom. The van der Waals surface area contributed by atoms with Crippen molar-refractivity contribution in [1.29, 1.82) is 0 Å². The molecule has 1 unspecified atom stereocenters. The minimum atomic E-state index is 0. The maximum Gasteiger partial charge on any atom is 0.193 e. The maximum absolute atomic E-state index is 5.81. The number of likely N-dealkylation sites (N-methyl/N-ethyl adjacent to an activating group) is 1. The van der Waals surface area contributed by atoms with Crippen molar-refractivity contribution >= 4 is 29.9 Å². The first-order chi connectivity index (χ1) is 14.2. The molecule has 0 spiro atoms. The third kappa shape index (κ3) is 8.32. The topological polar surface area (TPSA) is 49.3 Å². The van der Waals surface area contributed by atoms with Gasteiger partial charge in [-0.05, 0) is 38.2 Å². The summed E-state index contributed by atoms with van der Waals surface area (Å²) in [6.45, 7) is 11.9. The predicted octanol–water partition coefficient (Wildman–Crippen LogP) is 3.31. The van der Waals surface area contributed by atoms with Crippen LogP contribution in [0.2, 0.25) is 0 Å². The molecule has 1 aromatic rings. The fraction of sp³-hybridized carbons (Fsp3) is 0.696. The molecule has 0 amide bonds. The number of nitrogens with one attached hydrogen (secondary N) is 1. The van der Waals surface area contributed by atoms with Crippen LogP contribution in [0.1, 0.15) is 36.9 Å². The third-order valence-electron chi connectivity index (χ3n) is 5.65. The summed E-state index contributed by atoms with van der Waals surface area (Å²) in [5.41, 5.74) is 2.63. The number of aryl methyl sites for hydroxylation is 1. The van der Waals surface area contributed by atoms with E-state index in [2.05, 4.69) is 60.3 Å². The van der Waals surface area contributed by atoms with Gasteiger partial charge in [0.15, 0.2) is 5.96 Å². The van der Waals surface area contributed by atoms with Crippen LogP contribution in [0.3, 0.4) is 0 Å². The third-order valence-corrected chi connectivity index (χ3v) is 5.65. The largest absolute Gasteiger partial charge is 0.379 e. The van der Waals surface area contributed by atoms with Crippen molar-refractivity contribution in [2.45, 2.75) is 32.7 Å². The highest BCUT2D eigenvalue weighted by Crippen LogP contribution is 2.28. The van der Waals surface area contributed by atoms with Crippen LogP contribution in [-0.4, -0.2) is 82.0 Å². The van der Waals surface area contributed by atoms with Crippen molar-refractivity contribution in [2.24, 2.45) is 10.9 Å². The summed E-state index contributed by atoms with van der Waals surface area (Å²) in [6, 6.07) is 9.09. The average molecular weight is 530 g/mol. The Bertz CT molecular complexity index is 648. The first kappa shape index (κ1) is 25.4. The first-order valence-corrected chi connectivity index (χ1v) is 11.1. The van der Waals surface area contributed by atoms with Gasteiger partial charge in [0.2, 0.25) is 0 Å². The number of nitrogens with zero attached hydrogens (tertiary/aromatic N) is 3. The zero-order chi connectivity index (χ0) is 20.5. The molecule has 1 aromatic carbocycles. The Morgan fingerprint density at radius 1 is 1.33 bits per heavy atom. The van der Waals surface area contributed by atoms with E-state index in [1.807, 2.05) is 0 Å². The number of aliphatic imine (C=N–C) groups is 1. The van der Waals surface area contributed by atoms with Gasteiger partial charge in [-0.1, -0.05) is 29.8 Å². The molecule has 0 radical (unpaired) electrons. The van der Waals surface area contributed by atoms with Crippen molar-refractivity contribution in [2.75, 3.05) is 66.2 Å². The molecule has 2 aliphatic rings. The molecule has 1 atom stereocenters.